The van der Waals surface area contributed by atoms with Gasteiger partial charge in [-0.25, -0.2) is 0 Å². The zero-order valence-electron chi connectivity index (χ0n) is 11.7. The number of halogens is 2. The maximum Gasteiger partial charge on any atom is 0.0361 e. The molecule has 2 rings (SSSR count). The van der Waals surface area contributed by atoms with Gasteiger partial charge in [-0.15, -0.1) is 0 Å². The molecule has 0 fully saturated rings. The van der Waals surface area contributed by atoms with E-state index in [4.69, 9.17) is 0 Å². The Morgan fingerprint density at radius 1 is 0.850 bits per heavy atom. The van der Waals surface area contributed by atoms with E-state index >= 15 is 0 Å². The Kier molecular flexibility index (Phi) is 5.64. The van der Waals surface area contributed by atoms with Crippen molar-refractivity contribution in [1.29, 1.82) is 0 Å². The summed E-state index contributed by atoms with van der Waals surface area (Å²) in [6.45, 7) is 1.74. The minimum absolute atomic E-state index is 0.862. The molecule has 2 nitrogen and oxygen atoms in total. The van der Waals surface area contributed by atoms with Crippen LogP contribution < -0.4 is 10.2 Å². The Hall–Kier alpha value is -0.840. The lowest BCUT2D eigenvalue weighted by Crippen LogP contribution is -2.13. The molecule has 2 aromatic rings. The average Bonchev–Trinajstić information content (AvgIpc) is 2.43. The van der Waals surface area contributed by atoms with Crippen molar-refractivity contribution in [1.82, 2.24) is 5.32 Å². The van der Waals surface area contributed by atoms with Gasteiger partial charge in [0.05, 0.1) is 0 Å². The SMILES string of the molecule is CN(C)c1ccc(CNCc2ccc(Br)c(Br)c2)cc1. The number of nitrogens with one attached hydrogen (secondary N) is 1. The van der Waals surface area contributed by atoms with Crippen molar-refractivity contribution < 1.29 is 0 Å². The van der Waals surface area contributed by atoms with Gasteiger partial charge in [0.15, 0.2) is 0 Å². The average molecular weight is 398 g/mol. The lowest BCUT2D eigenvalue weighted by Gasteiger charge is -2.13. The molecule has 0 unspecified atom stereocenters. The van der Waals surface area contributed by atoms with Crippen LogP contribution in [0.25, 0.3) is 0 Å². The molecule has 0 atom stereocenters. The third-order valence-corrected chi connectivity index (χ3v) is 4.97. The fourth-order valence-electron chi connectivity index (χ4n) is 1.91. The molecule has 0 aliphatic rings. The van der Waals surface area contributed by atoms with Crippen LogP contribution in [-0.4, -0.2) is 14.1 Å². The van der Waals surface area contributed by atoms with Crippen LogP contribution in [0.3, 0.4) is 0 Å². The summed E-state index contributed by atoms with van der Waals surface area (Å²) in [7, 11) is 4.11. The third-order valence-electron chi connectivity index (χ3n) is 3.09. The van der Waals surface area contributed by atoms with Crippen LogP contribution in [0.2, 0.25) is 0 Å². The Labute approximate surface area is 137 Å². The van der Waals surface area contributed by atoms with Gasteiger partial charge in [-0.3, -0.25) is 0 Å². The van der Waals surface area contributed by atoms with Gasteiger partial charge in [-0.05, 0) is 67.3 Å². The van der Waals surface area contributed by atoms with E-state index in [1.54, 1.807) is 0 Å². The lowest BCUT2D eigenvalue weighted by molar-refractivity contribution is 0.693. The summed E-state index contributed by atoms with van der Waals surface area (Å²) in [6, 6.07) is 14.9. The zero-order valence-corrected chi connectivity index (χ0v) is 14.8. The molecule has 0 heterocycles. The van der Waals surface area contributed by atoms with Gasteiger partial charge in [0.2, 0.25) is 0 Å². The second kappa shape index (κ2) is 7.25. The van der Waals surface area contributed by atoms with Gasteiger partial charge in [-0.2, -0.15) is 0 Å². The lowest BCUT2D eigenvalue weighted by atomic mass is 10.2. The summed E-state index contributed by atoms with van der Waals surface area (Å²) >= 11 is 7.01. The van der Waals surface area contributed by atoms with Crippen molar-refractivity contribution in [3.63, 3.8) is 0 Å². The zero-order chi connectivity index (χ0) is 14.5. The number of nitrogens with zero attached hydrogens (tertiary/aromatic N) is 1. The minimum atomic E-state index is 0.862. The van der Waals surface area contributed by atoms with Gasteiger partial charge in [0.25, 0.3) is 0 Å². The largest absolute Gasteiger partial charge is 0.378 e. The Balaban J connectivity index is 1.87. The van der Waals surface area contributed by atoms with E-state index in [1.165, 1.54) is 16.8 Å². The van der Waals surface area contributed by atoms with Crippen LogP contribution in [0.5, 0.6) is 0 Å². The topological polar surface area (TPSA) is 15.3 Å². The highest BCUT2D eigenvalue weighted by molar-refractivity contribution is 9.13. The van der Waals surface area contributed by atoms with Crippen molar-refractivity contribution >= 4 is 37.5 Å². The molecule has 0 spiro atoms. The standard InChI is InChI=1S/C16H18Br2N2/c1-20(2)14-6-3-12(4-7-14)10-19-11-13-5-8-15(17)16(18)9-13/h3-9,19H,10-11H2,1-2H3. The number of hydrogen-bond donors (Lipinski definition) is 1. The molecule has 20 heavy (non-hydrogen) atoms. The number of anilines is 1. The van der Waals surface area contributed by atoms with E-state index in [9.17, 15) is 0 Å². The van der Waals surface area contributed by atoms with E-state index < -0.39 is 0 Å². The van der Waals surface area contributed by atoms with Crippen LogP contribution >= 0.6 is 31.9 Å². The van der Waals surface area contributed by atoms with Crippen LogP contribution in [0.1, 0.15) is 11.1 Å². The van der Waals surface area contributed by atoms with Crippen molar-refractivity contribution in [2.45, 2.75) is 13.1 Å². The van der Waals surface area contributed by atoms with Crippen LogP contribution in [0.4, 0.5) is 5.69 Å². The fraction of sp³-hybridized carbons (Fsp3) is 0.250. The van der Waals surface area contributed by atoms with Crippen LogP contribution in [0, 0.1) is 0 Å². The van der Waals surface area contributed by atoms with Crippen molar-refractivity contribution in [2.24, 2.45) is 0 Å². The second-order valence-corrected chi connectivity index (χ2v) is 6.62. The van der Waals surface area contributed by atoms with E-state index in [0.29, 0.717) is 0 Å². The molecule has 0 aromatic heterocycles. The molecule has 0 saturated carbocycles. The quantitative estimate of drug-likeness (QED) is 0.794. The molecule has 0 amide bonds. The highest BCUT2D eigenvalue weighted by Crippen LogP contribution is 2.23. The molecular formula is C16H18Br2N2. The molecule has 2 aromatic carbocycles. The van der Waals surface area contributed by atoms with Gasteiger partial charge in [0, 0.05) is 41.8 Å². The first kappa shape index (κ1) is 15.5. The summed E-state index contributed by atoms with van der Waals surface area (Å²) in [5, 5.41) is 3.46. The third kappa shape index (κ3) is 4.33. The monoisotopic (exact) mass is 396 g/mol. The molecule has 4 heteroatoms. The maximum absolute atomic E-state index is 3.53. The van der Waals surface area contributed by atoms with Crippen molar-refractivity contribution in [3.05, 3.63) is 62.5 Å². The summed E-state index contributed by atoms with van der Waals surface area (Å²) in [4.78, 5) is 2.11. The summed E-state index contributed by atoms with van der Waals surface area (Å²) < 4.78 is 2.17. The molecule has 0 aliphatic carbocycles. The molecule has 106 valence electrons. The summed E-state index contributed by atoms with van der Waals surface area (Å²) in [6.07, 6.45) is 0. The molecule has 0 radical (unpaired) electrons. The Morgan fingerprint density at radius 2 is 1.45 bits per heavy atom. The minimum Gasteiger partial charge on any atom is -0.378 e. The Morgan fingerprint density at radius 3 is 2.05 bits per heavy atom. The predicted octanol–water partition coefficient (Wildman–Crippen LogP) is 4.57. The van der Waals surface area contributed by atoms with Crippen LogP contribution in [-0.2, 0) is 13.1 Å². The van der Waals surface area contributed by atoms with Crippen molar-refractivity contribution in [2.75, 3.05) is 19.0 Å². The molecule has 0 aliphatic heterocycles. The second-order valence-electron chi connectivity index (χ2n) is 4.91. The first-order chi connectivity index (χ1) is 9.56. The number of benzene rings is 2. The van der Waals surface area contributed by atoms with Crippen LogP contribution in [0.15, 0.2) is 51.4 Å². The number of rotatable bonds is 5. The first-order valence-corrected chi connectivity index (χ1v) is 8.06. The smallest absolute Gasteiger partial charge is 0.0361 e. The highest BCUT2D eigenvalue weighted by atomic mass is 79.9. The van der Waals surface area contributed by atoms with E-state index in [-0.39, 0.29) is 0 Å². The molecule has 0 saturated heterocycles. The maximum atomic E-state index is 3.53. The molecule has 0 bridgehead atoms. The van der Waals surface area contributed by atoms with E-state index in [0.717, 1.165) is 22.0 Å². The van der Waals surface area contributed by atoms with Gasteiger partial charge in [0.1, 0.15) is 0 Å². The van der Waals surface area contributed by atoms with Crippen molar-refractivity contribution in [3.8, 4) is 0 Å². The first-order valence-electron chi connectivity index (χ1n) is 6.47. The molecule has 1 N–H and O–H groups in total. The predicted molar refractivity (Wildman–Crippen MR) is 93.2 cm³/mol. The summed E-state index contributed by atoms with van der Waals surface area (Å²) in [5.74, 6) is 0. The van der Waals surface area contributed by atoms with E-state index in [1.807, 2.05) is 0 Å². The van der Waals surface area contributed by atoms with E-state index in [2.05, 4.69) is 98.6 Å². The highest BCUT2D eigenvalue weighted by Gasteiger charge is 2.00. The Bertz CT molecular complexity index is 565. The number of hydrogen-bond acceptors (Lipinski definition) is 2. The molecular weight excluding hydrogens is 380 g/mol. The fourth-order valence-corrected chi connectivity index (χ4v) is 2.59. The van der Waals surface area contributed by atoms with Gasteiger partial charge < -0.3 is 10.2 Å². The van der Waals surface area contributed by atoms with Gasteiger partial charge >= 0.3 is 0 Å². The normalized spacial score (nSPS) is 10.6. The summed E-state index contributed by atoms with van der Waals surface area (Å²) in [5.41, 5.74) is 3.79. The van der Waals surface area contributed by atoms with Gasteiger partial charge in [-0.1, -0.05) is 18.2 Å².